The van der Waals surface area contributed by atoms with Gasteiger partial charge in [0.05, 0.1) is 0 Å². The van der Waals surface area contributed by atoms with Crippen LogP contribution in [0.25, 0.3) is 0 Å². The summed E-state index contributed by atoms with van der Waals surface area (Å²) in [5.74, 6) is 1.05. The Labute approximate surface area is 100 Å². The standard InChI is InChI=1S/C15H27F/c1-15(16,14-10-6-3-7-11-14)12-13-8-4-2-5-9-13/h13-14H,2-12H2,1H3. The maximum atomic E-state index is 14.8. The first-order chi connectivity index (χ1) is 7.68. The van der Waals surface area contributed by atoms with Gasteiger partial charge in [-0.2, -0.15) is 0 Å². The van der Waals surface area contributed by atoms with Crippen LogP contribution >= 0.6 is 0 Å². The Balaban J connectivity index is 1.84. The van der Waals surface area contributed by atoms with E-state index in [1.807, 2.05) is 6.92 Å². The lowest BCUT2D eigenvalue weighted by molar-refractivity contribution is 0.0419. The molecule has 1 unspecified atom stereocenters. The summed E-state index contributed by atoms with van der Waals surface area (Å²) in [4.78, 5) is 0. The summed E-state index contributed by atoms with van der Waals surface area (Å²) in [5, 5.41) is 0. The van der Waals surface area contributed by atoms with Gasteiger partial charge in [-0.3, -0.25) is 0 Å². The van der Waals surface area contributed by atoms with Crippen LogP contribution in [0.2, 0.25) is 0 Å². The van der Waals surface area contributed by atoms with Crippen LogP contribution in [0, 0.1) is 11.8 Å². The van der Waals surface area contributed by atoms with Crippen molar-refractivity contribution in [3.63, 3.8) is 0 Å². The number of alkyl halides is 1. The fraction of sp³-hybridized carbons (Fsp3) is 1.00. The van der Waals surface area contributed by atoms with Crippen LogP contribution in [-0.4, -0.2) is 5.67 Å². The average molecular weight is 226 g/mol. The highest BCUT2D eigenvalue weighted by atomic mass is 19.1. The predicted molar refractivity (Wildman–Crippen MR) is 67.3 cm³/mol. The molecule has 0 heterocycles. The molecule has 2 aliphatic carbocycles. The van der Waals surface area contributed by atoms with E-state index in [9.17, 15) is 4.39 Å². The van der Waals surface area contributed by atoms with Crippen LogP contribution in [0.1, 0.15) is 77.6 Å². The molecule has 2 fully saturated rings. The van der Waals surface area contributed by atoms with Crippen LogP contribution in [0.15, 0.2) is 0 Å². The van der Waals surface area contributed by atoms with Gasteiger partial charge >= 0.3 is 0 Å². The van der Waals surface area contributed by atoms with E-state index >= 15 is 0 Å². The van der Waals surface area contributed by atoms with E-state index in [2.05, 4.69) is 0 Å². The Morgan fingerprint density at radius 1 is 0.875 bits per heavy atom. The quantitative estimate of drug-likeness (QED) is 0.615. The molecule has 0 aromatic heterocycles. The predicted octanol–water partition coefficient (Wildman–Crippen LogP) is 5.27. The smallest absolute Gasteiger partial charge is 0.111 e. The lowest BCUT2D eigenvalue weighted by Crippen LogP contribution is -2.34. The summed E-state index contributed by atoms with van der Waals surface area (Å²) >= 11 is 0. The normalized spacial score (nSPS) is 28.9. The Morgan fingerprint density at radius 3 is 1.94 bits per heavy atom. The molecule has 0 aromatic rings. The molecular formula is C15H27F. The van der Waals surface area contributed by atoms with Crippen LogP contribution in [0.4, 0.5) is 4.39 Å². The molecule has 1 heteroatoms. The van der Waals surface area contributed by atoms with Gasteiger partial charge < -0.3 is 0 Å². The van der Waals surface area contributed by atoms with Crippen molar-refractivity contribution in [2.45, 2.75) is 83.2 Å². The van der Waals surface area contributed by atoms with Gasteiger partial charge in [-0.15, -0.1) is 0 Å². The van der Waals surface area contributed by atoms with Gasteiger partial charge in [-0.05, 0) is 38.0 Å². The summed E-state index contributed by atoms with van der Waals surface area (Å²) < 4.78 is 14.8. The average Bonchev–Trinajstić information content (AvgIpc) is 2.31. The lowest BCUT2D eigenvalue weighted by atomic mass is 9.72. The second-order valence-electron chi connectivity index (χ2n) is 6.32. The third-order valence-electron chi connectivity index (χ3n) is 4.87. The molecule has 2 saturated carbocycles. The number of hydrogen-bond donors (Lipinski definition) is 0. The number of halogens is 1. The molecule has 2 rings (SSSR count). The van der Waals surface area contributed by atoms with Gasteiger partial charge in [0.15, 0.2) is 0 Å². The first-order valence-electron chi connectivity index (χ1n) is 7.37. The van der Waals surface area contributed by atoms with Gasteiger partial charge in [0.2, 0.25) is 0 Å². The van der Waals surface area contributed by atoms with Gasteiger partial charge in [0, 0.05) is 0 Å². The minimum atomic E-state index is -0.873. The minimum absolute atomic E-state index is 0.364. The molecule has 16 heavy (non-hydrogen) atoms. The molecule has 0 aromatic carbocycles. The first-order valence-corrected chi connectivity index (χ1v) is 7.37. The highest BCUT2D eigenvalue weighted by molar-refractivity contribution is 4.87. The highest BCUT2D eigenvalue weighted by Gasteiger charge is 2.37. The number of hydrogen-bond acceptors (Lipinski definition) is 0. The van der Waals surface area contributed by atoms with Crippen molar-refractivity contribution in [3.05, 3.63) is 0 Å². The Morgan fingerprint density at radius 2 is 1.38 bits per heavy atom. The molecule has 0 aliphatic heterocycles. The highest BCUT2D eigenvalue weighted by Crippen LogP contribution is 2.41. The monoisotopic (exact) mass is 226 g/mol. The van der Waals surface area contributed by atoms with E-state index in [0.29, 0.717) is 11.8 Å². The molecule has 0 saturated heterocycles. The summed E-state index contributed by atoms with van der Waals surface area (Å²) in [6.45, 7) is 1.89. The summed E-state index contributed by atoms with van der Waals surface area (Å²) in [5.41, 5.74) is -0.873. The molecular weight excluding hydrogens is 199 g/mol. The lowest BCUT2D eigenvalue weighted by Gasteiger charge is -2.37. The maximum absolute atomic E-state index is 14.8. The van der Waals surface area contributed by atoms with E-state index < -0.39 is 5.67 Å². The maximum Gasteiger partial charge on any atom is 0.111 e. The Hall–Kier alpha value is -0.0700. The SMILES string of the molecule is CC(F)(CC1CCCCC1)C1CCCCC1. The van der Waals surface area contributed by atoms with Gasteiger partial charge in [0.1, 0.15) is 5.67 Å². The molecule has 0 radical (unpaired) electrons. The zero-order valence-corrected chi connectivity index (χ0v) is 10.8. The van der Waals surface area contributed by atoms with Crippen molar-refractivity contribution >= 4 is 0 Å². The summed E-state index contributed by atoms with van der Waals surface area (Å²) in [6, 6.07) is 0. The molecule has 1 atom stereocenters. The Kier molecular flexibility index (Phi) is 4.27. The molecule has 0 nitrogen and oxygen atoms in total. The van der Waals surface area contributed by atoms with Gasteiger partial charge in [-0.25, -0.2) is 4.39 Å². The second-order valence-corrected chi connectivity index (χ2v) is 6.32. The molecule has 0 bridgehead atoms. The fourth-order valence-electron chi connectivity index (χ4n) is 3.83. The zero-order chi connectivity index (χ0) is 11.4. The minimum Gasteiger partial charge on any atom is -0.244 e. The van der Waals surface area contributed by atoms with Crippen LogP contribution < -0.4 is 0 Å². The van der Waals surface area contributed by atoms with Crippen molar-refractivity contribution in [3.8, 4) is 0 Å². The number of rotatable bonds is 3. The topological polar surface area (TPSA) is 0 Å². The molecule has 0 spiro atoms. The van der Waals surface area contributed by atoms with Crippen molar-refractivity contribution in [1.29, 1.82) is 0 Å². The van der Waals surface area contributed by atoms with E-state index in [0.717, 1.165) is 19.3 Å². The second kappa shape index (κ2) is 5.51. The third kappa shape index (κ3) is 3.21. The molecule has 0 N–H and O–H groups in total. The van der Waals surface area contributed by atoms with E-state index in [-0.39, 0.29) is 0 Å². The summed E-state index contributed by atoms with van der Waals surface area (Å²) in [7, 11) is 0. The van der Waals surface area contributed by atoms with Crippen molar-refractivity contribution in [1.82, 2.24) is 0 Å². The van der Waals surface area contributed by atoms with Crippen LogP contribution in [0.3, 0.4) is 0 Å². The van der Waals surface area contributed by atoms with Crippen molar-refractivity contribution in [2.75, 3.05) is 0 Å². The van der Waals surface area contributed by atoms with Gasteiger partial charge in [0.25, 0.3) is 0 Å². The third-order valence-corrected chi connectivity index (χ3v) is 4.87. The van der Waals surface area contributed by atoms with E-state index in [1.165, 1.54) is 51.4 Å². The molecule has 94 valence electrons. The largest absolute Gasteiger partial charge is 0.244 e. The Bertz CT molecular complexity index is 197. The first kappa shape index (κ1) is 12.4. The van der Waals surface area contributed by atoms with Crippen molar-refractivity contribution < 1.29 is 4.39 Å². The zero-order valence-electron chi connectivity index (χ0n) is 10.8. The van der Waals surface area contributed by atoms with Crippen LogP contribution in [0.5, 0.6) is 0 Å². The fourth-order valence-corrected chi connectivity index (χ4v) is 3.83. The van der Waals surface area contributed by atoms with Gasteiger partial charge in [-0.1, -0.05) is 51.4 Å². The van der Waals surface area contributed by atoms with Crippen LogP contribution in [-0.2, 0) is 0 Å². The van der Waals surface area contributed by atoms with Crippen molar-refractivity contribution in [2.24, 2.45) is 11.8 Å². The summed E-state index contributed by atoms with van der Waals surface area (Å²) in [6.07, 6.45) is 13.6. The van der Waals surface area contributed by atoms with E-state index in [4.69, 9.17) is 0 Å². The molecule has 2 aliphatic rings. The van der Waals surface area contributed by atoms with E-state index in [1.54, 1.807) is 0 Å². The molecule has 0 amide bonds.